The number of nitrogens with one attached hydrogen (secondary N) is 1. The van der Waals surface area contributed by atoms with Crippen LogP contribution in [0.25, 0.3) is 0 Å². The van der Waals surface area contributed by atoms with Crippen LogP contribution in [0.4, 0.5) is 0 Å². The zero-order valence-electron chi connectivity index (χ0n) is 16.8. The summed E-state index contributed by atoms with van der Waals surface area (Å²) in [5.74, 6) is -0.490. The molecule has 1 fully saturated rings. The first kappa shape index (κ1) is 21.6. The van der Waals surface area contributed by atoms with E-state index in [2.05, 4.69) is 5.32 Å². The Bertz CT molecular complexity index is 508. The molecule has 0 aliphatic carbocycles. The molecule has 0 saturated carbocycles. The predicted molar refractivity (Wildman–Crippen MR) is 96.8 cm³/mol. The quantitative estimate of drug-likeness (QED) is 0.680. The lowest BCUT2D eigenvalue weighted by Crippen LogP contribution is -2.43. The summed E-state index contributed by atoms with van der Waals surface area (Å²) in [5, 5.41) is 2.92. The summed E-state index contributed by atoms with van der Waals surface area (Å²) in [6, 6.07) is -0.197. The van der Waals surface area contributed by atoms with Crippen LogP contribution in [0.2, 0.25) is 0 Å². The number of hydrogen-bond donors (Lipinski definition) is 1. The van der Waals surface area contributed by atoms with Gasteiger partial charge in [0.2, 0.25) is 17.7 Å². The molecule has 2 unspecified atom stereocenters. The molecule has 1 aliphatic rings. The van der Waals surface area contributed by atoms with Crippen LogP contribution in [-0.4, -0.2) is 47.4 Å². The van der Waals surface area contributed by atoms with Gasteiger partial charge >= 0.3 is 0 Å². The van der Waals surface area contributed by atoms with Crippen LogP contribution >= 0.6 is 0 Å². The van der Waals surface area contributed by atoms with Gasteiger partial charge in [-0.15, -0.1) is 0 Å². The van der Waals surface area contributed by atoms with Crippen molar-refractivity contribution in [1.82, 2.24) is 10.2 Å². The van der Waals surface area contributed by atoms with Crippen LogP contribution in [0.1, 0.15) is 67.7 Å². The average Bonchev–Trinajstić information content (AvgIpc) is 2.70. The second kappa shape index (κ2) is 8.30. The van der Waals surface area contributed by atoms with Crippen molar-refractivity contribution in [2.24, 2.45) is 11.3 Å². The van der Waals surface area contributed by atoms with Crippen LogP contribution in [0.3, 0.4) is 0 Å². The predicted octanol–water partition coefficient (Wildman–Crippen LogP) is 2.51. The van der Waals surface area contributed by atoms with Gasteiger partial charge in [-0.3, -0.25) is 19.3 Å². The smallest absolute Gasteiger partial charge is 0.232 e. The molecule has 1 heterocycles. The summed E-state index contributed by atoms with van der Waals surface area (Å²) >= 11 is 0. The van der Waals surface area contributed by atoms with Crippen LogP contribution in [0.15, 0.2) is 0 Å². The largest absolute Gasteiger partial charge is 0.376 e. The second-order valence-corrected chi connectivity index (χ2v) is 8.70. The first-order valence-electron chi connectivity index (χ1n) is 9.13. The highest BCUT2D eigenvalue weighted by Gasteiger charge is 2.38. The van der Waals surface area contributed by atoms with Crippen LogP contribution in [-0.2, 0) is 19.1 Å². The van der Waals surface area contributed by atoms with Crippen molar-refractivity contribution in [3.8, 4) is 0 Å². The Hall–Kier alpha value is -1.43. The summed E-state index contributed by atoms with van der Waals surface area (Å²) < 4.78 is 5.70. The summed E-state index contributed by atoms with van der Waals surface area (Å²) in [4.78, 5) is 37.6. The molecular formula is C19H34N2O4. The van der Waals surface area contributed by atoms with E-state index in [0.717, 1.165) is 0 Å². The summed E-state index contributed by atoms with van der Waals surface area (Å²) in [6.45, 7) is 14.3. The third-order valence-corrected chi connectivity index (χ3v) is 4.57. The molecule has 6 nitrogen and oxygen atoms in total. The van der Waals surface area contributed by atoms with Crippen molar-refractivity contribution in [3.63, 3.8) is 0 Å². The number of nitrogens with zero attached hydrogens (tertiary/aromatic N) is 1. The van der Waals surface area contributed by atoms with Crippen molar-refractivity contribution in [2.45, 2.75) is 79.4 Å². The van der Waals surface area contributed by atoms with Gasteiger partial charge in [-0.05, 0) is 40.5 Å². The highest BCUT2D eigenvalue weighted by Crippen LogP contribution is 2.23. The summed E-state index contributed by atoms with van der Waals surface area (Å²) in [7, 11) is 0. The summed E-state index contributed by atoms with van der Waals surface area (Å²) in [6.07, 6.45) is 1.48. The van der Waals surface area contributed by atoms with Gasteiger partial charge in [0.1, 0.15) is 0 Å². The Morgan fingerprint density at radius 3 is 2.36 bits per heavy atom. The van der Waals surface area contributed by atoms with Gasteiger partial charge < -0.3 is 10.1 Å². The standard InChI is InChI=1S/C19H34N2O4/c1-13-12-15(22)21(16(13)23)14(2)8-10-20-17(24)19(6,7)9-11-25-18(3,4)5/h13-14H,8-12H2,1-7H3,(H,20,24). The molecule has 144 valence electrons. The maximum atomic E-state index is 12.4. The molecule has 1 rings (SSSR count). The number of carbonyl (C=O) groups is 3. The van der Waals surface area contributed by atoms with E-state index in [-0.39, 0.29) is 41.7 Å². The minimum Gasteiger partial charge on any atom is -0.376 e. The number of carbonyl (C=O) groups excluding carboxylic acids is 3. The van der Waals surface area contributed by atoms with Gasteiger partial charge in [0.15, 0.2) is 0 Å². The molecule has 6 heteroatoms. The fourth-order valence-corrected chi connectivity index (χ4v) is 2.76. The number of amides is 3. The molecule has 2 atom stereocenters. The van der Waals surface area contributed by atoms with Gasteiger partial charge in [0, 0.05) is 36.9 Å². The number of hydrogen-bond acceptors (Lipinski definition) is 4. The highest BCUT2D eigenvalue weighted by molar-refractivity contribution is 6.03. The maximum Gasteiger partial charge on any atom is 0.232 e. The van der Waals surface area contributed by atoms with E-state index in [1.54, 1.807) is 6.92 Å². The minimum absolute atomic E-state index is 0.0374. The van der Waals surface area contributed by atoms with Crippen LogP contribution in [0.5, 0.6) is 0 Å². The van der Waals surface area contributed by atoms with Gasteiger partial charge in [0.25, 0.3) is 0 Å². The molecule has 0 aromatic heterocycles. The third kappa shape index (κ3) is 6.42. The average molecular weight is 354 g/mol. The van der Waals surface area contributed by atoms with Crippen molar-refractivity contribution in [3.05, 3.63) is 0 Å². The normalized spacial score (nSPS) is 20.1. The van der Waals surface area contributed by atoms with Crippen molar-refractivity contribution in [2.75, 3.05) is 13.2 Å². The lowest BCUT2D eigenvalue weighted by atomic mass is 9.88. The second-order valence-electron chi connectivity index (χ2n) is 8.70. The van der Waals surface area contributed by atoms with E-state index < -0.39 is 5.41 Å². The van der Waals surface area contributed by atoms with Gasteiger partial charge in [-0.25, -0.2) is 0 Å². The molecule has 0 spiro atoms. The Kier molecular flexibility index (Phi) is 7.18. The Labute approximate surface area is 151 Å². The molecule has 0 radical (unpaired) electrons. The van der Waals surface area contributed by atoms with Crippen molar-refractivity contribution in [1.29, 1.82) is 0 Å². The lowest BCUT2D eigenvalue weighted by molar-refractivity contribution is -0.141. The lowest BCUT2D eigenvalue weighted by Gasteiger charge is -2.27. The Balaban J connectivity index is 2.40. The molecular weight excluding hydrogens is 320 g/mol. The molecule has 3 amide bonds. The first-order chi connectivity index (χ1) is 11.3. The third-order valence-electron chi connectivity index (χ3n) is 4.57. The number of imide groups is 1. The van der Waals surface area contributed by atoms with Gasteiger partial charge in [-0.2, -0.15) is 0 Å². The molecule has 0 aromatic rings. The molecule has 0 bridgehead atoms. The van der Waals surface area contributed by atoms with E-state index in [4.69, 9.17) is 4.74 Å². The highest BCUT2D eigenvalue weighted by atomic mass is 16.5. The van der Waals surface area contributed by atoms with Crippen molar-refractivity contribution >= 4 is 17.7 Å². The van der Waals surface area contributed by atoms with E-state index in [0.29, 0.717) is 26.0 Å². The zero-order valence-corrected chi connectivity index (χ0v) is 16.8. The van der Waals surface area contributed by atoms with Gasteiger partial charge in [0.05, 0.1) is 5.60 Å². The van der Waals surface area contributed by atoms with Crippen LogP contribution < -0.4 is 5.32 Å². The van der Waals surface area contributed by atoms with E-state index in [1.807, 2.05) is 41.5 Å². The zero-order chi connectivity index (χ0) is 19.4. The summed E-state index contributed by atoms with van der Waals surface area (Å²) in [5.41, 5.74) is -0.740. The SMILES string of the molecule is CC1CC(=O)N(C(C)CCNC(=O)C(C)(C)CCOC(C)(C)C)C1=O. The van der Waals surface area contributed by atoms with E-state index in [9.17, 15) is 14.4 Å². The first-order valence-corrected chi connectivity index (χ1v) is 9.13. The fourth-order valence-electron chi connectivity index (χ4n) is 2.76. The monoisotopic (exact) mass is 354 g/mol. The molecule has 0 aromatic carbocycles. The topological polar surface area (TPSA) is 75.7 Å². The molecule has 1 aliphatic heterocycles. The Morgan fingerprint density at radius 1 is 1.28 bits per heavy atom. The minimum atomic E-state index is -0.526. The number of ether oxygens (including phenoxy) is 1. The van der Waals surface area contributed by atoms with E-state index >= 15 is 0 Å². The Morgan fingerprint density at radius 2 is 1.88 bits per heavy atom. The van der Waals surface area contributed by atoms with E-state index in [1.165, 1.54) is 4.90 Å². The molecule has 1 saturated heterocycles. The fraction of sp³-hybridized carbons (Fsp3) is 0.842. The molecule has 1 N–H and O–H groups in total. The van der Waals surface area contributed by atoms with Gasteiger partial charge in [-0.1, -0.05) is 20.8 Å². The number of rotatable bonds is 8. The van der Waals surface area contributed by atoms with Crippen LogP contribution in [0, 0.1) is 11.3 Å². The molecule has 25 heavy (non-hydrogen) atoms. The number of likely N-dealkylation sites (tertiary alicyclic amines) is 1. The van der Waals surface area contributed by atoms with Crippen molar-refractivity contribution < 1.29 is 19.1 Å². The maximum absolute atomic E-state index is 12.4.